The molecule has 0 atom stereocenters. The Kier molecular flexibility index (Phi) is 5.22. The summed E-state index contributed by atoms with van der Waals surface area (Å²) in [5.74, 6) is -1.88. The van der Waals surface area contributed by atoms with E-state index in [0.29, 0.717) is 11.1 Å². The summed E-state index contributed by atoms with van der Waals surface area (Å²) < 4.78 is 9.54. The Bertz CT molecular complexity index is 976. The second kappa shape index (κ2) is 7.74. The minimum Gasteiger partial charge on any atom is -0.507 e. The molecule has 136 valence electrons. The summed E-state index contributed by atoms with van der Waals surface area (Å²) in [6.07, 6.45) is 0. The number of ether oxygens (including phenoxy) is 2. The van der Waals surface area contributed by atoms with Gasteiger partial charge in [-0.15, -0.1) is 0 Å². The standard InChI is InChI=1S/C22H18O5/c1-26-21(24)19-17(12-13-18(23)20(19)22(25)27-2)16-10-8-15(9-11-16)14-6-4-3-5-7-14/h3-13,23H,1-2H3. The maximum absolute atomic E-state index is 12.3. The van der Waals surface area contributed by atoms with Crippen LogP contribution < -0.4 is 0 Å². The van der Waals surface area contributed by atoms with E-state index in [1.165, 1.54) is 20.3 Å². The van der Waals surface area contributed by atoms with Crippen molar-refractivity contribution < 1.29 is 24.2 Å². The predicted octanol–water partition coefficient (Wildman–Crippen LogP) is 4.30. The molecule has 5 nitrogen and oxygen atoms in total. The number of rotatable bonds is 4. The molecule has 0 unspecified atom stereocenters. The van der Waals surface area contributed by atoms with Crippen molar-refractivity contribution in [3.8, 4) is 28.0 Å². The number of phenols is 1. The first-order valence-corrected chi connectivity index (χ1v) is 8.25. The van der Waals surface area contributed by atoms with E-state index in [1.54, 1.807) is 6.07 Å². The van der Waals surface area contributed by atoms with E-state index in [4.69, 9.17) is 9.47 Å². The zero-order valence-electron chi connectivity index (χ0n) is 14.9. The number of benzene rings is 3. The predicted molar refractivity (Wildman–Crippen MR) is 102 cm³/mol. The number of hydrogen-bond acceptors (Lipinski definition) is 5. The Morgan fingerprint density at radius 3 is 1.78 bits per heavy atom. The second-order valence-corrected chi connectivity index (χ2v) is 5.81. The highest BCUT2D eigenvalue weighted by atomic mass is 16.5. The highest BCUT2D eigenvalue weighted by Gasteiger charge is 2.26. The smallest absolute Gasteiger partial charge is 0.342 e. The van der Waals surface area contributed by atoms with Gasteiger partial charge in [0.25, 0.3) is 0 Å². The van der Waals surface area contributed by atoms with Gasteiger partial charge in [0.2, 0.25) is 0 Å². The van der Waals surface area contributed by atoms with Crippen molar-refractivity contribution in [3.05, 3.63) is 77.9 Å². The number of aromatic hydroxyl groups is 1. The van der Waals surface area contributed by atoms with Gasteiger partial charge in [0.05, 0.1) is 19.8 Å². The SMILES string of the molecule is COC(=O)c1c(O)ccc(-c2ccc(-c3ccccc3)cc2)c1C(=O)OC. The second-order valence-electron chi connectivity index (χ2n) is 5.81. The highest BCUT2D eigenvalue weighted by Crippen LogP contribution is 2.34. The van der Waals surface area contributed by atoms with Crippen molar-refractivity contribution in [3.63, 3.8) is 0 Å². The minimum absolute atomic E-state index is 0.0307. The van der Waals surface area contributed by atoms with Gasteiger partial charge in [-0.05, 0) is 34.4 Å². The first kappa shape index (κ1) is 18.2. The molecule has 5 heteroatoms. The van der Waals surface area contributed by atoms with E-state index in [2.05, 4.69) is 0 Å². The number of carbonyl (C=O) groups excluding carboxylic acids is 2. The van der Waals surface area contributed by atoms with Crippen LogP contribution in [-0.4, -0.2) is 31.3 Å². The largest absolute Gasteiger partial charge is 0.507 e. The quantitative estimate of drug-likeness (QED) is 0.701. The molecule has 0 amide bonds. The van der Waals surface area contributed by atoms with Crippen molar-refractivity contribution in [2.24, 2.45) is 0 Å². The molecule has 27 heavy (non-hydrogen) atoms. The van der Waals surface area contributed by atoms with Gasteiger partial charge >= 0.3 is 11.9 Å². The van der Waals surface area contributed by atoms with Gasteiger partial charge in [-0.1, -0.05) is 54.6 Å². The van der Waals surface area contributed by atoms with E-state index in [9.17, 15) is 14.7 Å². The van der Waals surface area contributed by atoms with E-state index in [1.807, 2.05) is 54.6 Å². The van der Waals surface area contributed by atoms with Crippen LogP contribution in [0.1, 0.15) is 20.7 Å². The molecule has 0 aromatic heterocycles. The highest BCUT2D eigenvalue weighted by molar-refractivity contribution is 6.09. The van der Waals surface area contributed by atoms with Crippen LogP contribution >= 0.6 is 0 Å². The van der Waals surface area contributed by atoms with Crippen LogP contribution in [0, 0.1) is 0 Å². The lowest BCUT2D eigenvalue weighted by atomic mass is 9.93. The first-order valence-electron chi connectivity index (χ1n) is 8.25. The van der Waals surface area contributed by atoms with Gasteiger partial charge in [0.1, 0.15) is 11.3 Å². The van der Waals surface area contributed by atoms with Gasteiger partial charge in [0, 0.05) is 0 Å². The number of phenolic OH excluding ortho intramolecular Hbond substituents is 1. The lowest BCUT2D eigenvalue weighted by Crippen LogP contribution is -2.13. The van der Waals surface area contributed by atoms with Crippen molar-refractivity contribution in [1.29, 1.82) is 0 Å². The fourth-order valence-electron chi connectivity index (χ4n) is 2.93. The number of hydrogen-bond donors (Lipinski definition) is 1. The van der Waals surface area contributed by atoms with E-state index in [-0.39, 0.29) is 16.9 Å². The monoisotopic (exact) mass is 362 g/mol. The topological polar surface area (TPSA) is 72.8 Å². The number of carbonyl (C=O) groups is 2. The van der Waals surface area contributed by atoms with Gasteiger partial charge in [0.15, 0.2) is 0 Å². The van der Waals surface area contributed by atoms with Crippen LogP contribution in [0.3, 0.4) is 0 Å². The molecule has 3 aromatic carbocycles. The van der Waals surface area contributed by atoms with Crippen LogP contribution in [0.5, 0.6) is 5.75 Å². The van der Waals surface area contributed by atoms with Crippen LogP contribution in [0.4, 0.5) is 0 Å². The Morgan fingerprint density at radius 1 is 0.667 bits per heavy atom. The number of esters is 2. The molecule has 0 bridgehead atoms. The van der Waals surface area contributed by atoms with Gasteiger partial charge in [-0.2, -0.15) is 0 Å². The Balaban J connectivity index is 2.14. The molecule has 0 spiro atoms. The molecule has 0 radical (unpaired) electrons. The lowest BCUT2D eigenvalue weighted by Gasteiger charge is -2.14. The molecule has 3 rings (SSSR count). The molecule has 0 heterocycles. The summed E-state index contributed by atoms with van der Waals surface area (Å²) >= 11 is 0. The number of methoxy groups -OCH3 is 2. The molecular weight excluding hydrogens is 344 g/mol. The average molecular weight is 362 g/mol. The third-order valence-electron chi connectivity index (χ3n) is 4.27. The molecule has 3 aromatic rings. The van der Waals surface area contributed by atoms with Gasteiger partial charge < -0.3 is 14.6 Å². The summed E-state index contributed by atoms with van der Waals surface area (Å²) in [6.45, 7) is 0. The first-order chi connectivity index (χ1) is 13.1. The van der Waals surface area contributed by atoms with Crippen molar-refractivity contribution >= 4 is 11.9 Å². The molecule has 0 saturated heterocycles. The Hall–Kier alpha value is -3.60. The normalized spacial score (nSPS) is 10.3. The molecule has 0 fully saturated rings. The summed E-state index contributed by atoms with van der Waals surface area (Å²) in [7, 11) is 2.40. The zero-order chi connectivity index (χ0) is 19.4. The van der Waals surface area contributed by atoms with E-state index >= 15 is 0 Å². The van der Waals surface area contributed by atoms with E-state index < -0.39 is 11.9 Å². The summed E-state index contributed by atoms with van der Waals surface area (Å²) in [6, 6.07) is 20.4. The van der Waals surface area contributed by atoms with Crippen molar-refractivity contribution in [1.82, 2.24) is 0 Å². The van der Waals surface area contributed by atoms with Gasteiger partial charge in [-0.25, -0.2) is 9.59 Å². The molecule has 0 aliphatic heterocycles. The van der Waals surface area contributed by atoms with Crippen LogP contribution in [0.25, 0.3) is 22.3 Å². The van der Waals surface area contributed by atoms with Gasteiger partial charge in [-0.3, -0.25) is 0 Å². The maximum Gasteiger partial charge on any atom is 0.342 e. The minimum atomic E-state index is -0.810. The lowest BCUT2D eigenvalue weighted by molar-refractivity contribution is 0.0553. The third-order valence-corrected chi connectivity index (χ3v) is 4.27. The average Bonchev–Trinajstić information content (AvgIpc) is 2.73. The van der Waals surface area contributed by atoms with Crippen LogP contribution in [0.15, 0.2) is 66.7 Å². The Morgan fingerprint density at radius 2 is 1.19 bits per heavy atom. The zero-order valence-corrected chi connectivity index (χ0v) is 14.9. The van der Waals surface area contributed by atoms with Crippen LogP contribution in [-0.2, 0) is 9.47 Å². The van der Waals surface area contributed by atoms with Crippen molar-refractivity contribution in [2.45, 2.75) is 0 Å². The molecule has 0 aliphatic carbocycles. The summed E-state index contributed by atoms with van der Waals surface area (Å²) in [4.78, 5) is 24.5. The molecule has 0 saturated carbocycles. The fourth-order valence-corrected chi connectivity index (χ4v) is 2.93. The van der Waals surface area contributed by atoms with Crippen molar-refractivity contribution in [2.75, 3.05) is 14.2 Å². The van der Waals surface area contributed by atoms with Crippen LogP contribution in [0.2, 0.25) is 0 Å². The van der Waals surface area contributed by atoms with E-state index in [0.717, 1.165) is 11.1 Å². The Labute approximate surface area is 156 Å². The third kappa shape index (κ3) is 3.53. The summed E-state index contributed by atoms with van der Waals surface area (Å²) in [5.41, 5.74) is 3.02. The maximum atomic E-state index is 12.3. The molecular formula is C22H18O5. The molecule has 1 N–H and O–H groups in total. The fraction of sp³-hybridized carbons (Fsp3) is 0.0909. The summed E-state index contributed by atoms with van der Waals surface area (Å²) in [5, 5.41) is 10.1. The molecule has 0 aliphatic rings.